The number of aromatic nitrogens is 2. The van der Waals surface area contributed by atoms with E-state index in [4.69, 9.17) is 14.2 Å². The van der Waals surface area contributed by atoms with E-state index < -0.39 is 6.29 Å². The molecule has 7 rings (SSSR count). The minimum atomic E-state index is -0.569. The van der Waals surface area contributed by atoms with Crippen molar-refractivity contribution in [2.75, 3.05) is 12.9 Å². The molecule has 1 fully saturated rings. The van der Waals surface area contributed by atoms with E-state index in [2.05, 4.69) is 64.7 Å². The summed E-state index contributed by atoms with van der Waals surface area (Å²) in [7, 11) is 1.69. The van der Waals surface area contributed by atoms with Crippen LogP contribution in [0.15, 0.2) is 132 Å². The van der Waals surface area contributed by atoms with Crippen molar-refractivity contribution >= 4 is 28.7 Å². The molecule has 1 amide bonds. The topological polar surface area (TPSA) is 103 Å². The number of hydrogen-bond donors (Lipinski definition) is 2. The van der Waals surface area contributed by atoms with Crippen LogP contribution in [0.2, 0.25) is 0 Å². The second-order valence-electron chi connectivity index (χ2n) is 12.5. The smallest absolute Gasteiger partial charge is 0.271 e. The Morgan fingerprint density at radius 3 is 2.35 bits per heavy atom. The van der Waals surface area contributed by atoms with Crippen molar-refractivity contribution in [3.63, 3.8) is 0 Å². The number of carbonyl (C=O) groups is 1. The average molecular weight is 698 g/mol. The standard InChI is InChI=1S/C42H39N3O5S/c1-27-38(26-51-39-13-6-5-12-37(39)48-2)49-42(50-40(27)31-16-14-28(25-46)15-17-31)32-20-18-30(19-21-32)33-9-7-8-29(22-33)23-44-41(47)36-24-43-34-10-3-4-11-35(34)45-36/h3-22,24,27,38,40,42,46H,23,25-26H2,1-2H3,(H,44,47). The van der Waals surface area contributed by atoms with Gasteiger partial charge in [0.15, 0.2) is 6.29 Å². The first-order chi connectivity index (χ1) is 25.0. The molecule has 258 valence electrons. The molecule has 51 heavy (non-hydrogen) atoms. The number of rotatable bonds is 11. The maximum absolute atomic E-state index is 12.9. The second kappa shape index (κ2) is 15.9. The summed E-state index contributed by atoms with van der Waals surface area (Å²) in [5, 5.41) is 12.6. The molecule has 8 nitrogen and oxygen atoms in total. The van der Waals surface area contributed by atoms with E-state index in [9.17, 15) is 9.90 Å². The summed E-state index contributed by atoms with van der Waals surface area (Å²) in [6.07, 6.45) is 0.633. The first-order valence-electron chi connectivity index (χ1n) is 16.9. The molecule has 0 spiro atoms. The Balaban J connectivity index is 1.06. The molecule has 2 N–H and O–H groups in total. The summed E-state index contributed by atoms with van der Waals surface area (Å²) in [5.41, 5.74) is 7.59. The molecule has 1 aliphatic rings. The molecule has 2 heterocycles. The normalized spacial score (nSPS) is 18.7. The van der Waals surface area contributed by atoms with Crippen molar-refractivity contribution in [2.24, 2.45) is 5.92 Å². The fourth-order valence-electron chi connectivity index (χ4n) is 6.25. The maximum Gasteiger partial charge on any atom is 0.271 e. The van der Waals surface area contributed by atoms with Crippen LogP contribution in [0.25, 0.3) is 22.2 Å². The summed E-state index contributed by atoms with van der Waals surface area (Å²) < 4.78 is 19.0. The zero-order valence-corrected chi connectivity index (χ0v) is 29.3. The third kappa shape index (κ3) is 7.97. The van der Waals surface area contributed by atoms with Gasteiger partial charge < -0.3 is 24.6 Å². The molecule has 1 aliphatic heterocycles. The molecule has 0 radical (unpaired) electrons. The Hall–Kier alpha value is -5.06. The number of thioether (sulfide) groups is 1. The minimum Gasteiger partial charge on any atom is -0.496 e. The number of ether oxygens (including phenoxy) is 3. The van der Waals surface area contributed by atoms with E-state index in [1.54, 1.807) is 18.9 Å². The van der Waals surface area contributed by atoms with Gasteiger partial charge in [0.1, 0.15) is 11.4 Å². The van der Waals surface area contributed by atoms with Crippen molar-refractivity contribution in [3.8, 4) is 16.9 Å². The van der Waals surface area contributed by atoms with Gasteiger partial charge in [0.05, 0.1) is 43.2 Å². The van der Waals surface area contributed by atoms with Crippen LogP contribution in [0.4, 0.5) is 0 Å². The van der Waals surface area contributed by atoms with Gasteiger partial charge in [0, 0.05) is 28.7 Å². The monoisotopic (exact) mass is 697 g/mol. The summed E-state index contributed by atoms with van der Waals surface area (Å²) in [6, 6.07) is 39.9. The van der Waals surface area contributed by atoms with Crippen molar-refractivity contribution in [3.05, 3.63) is 155 Å². The predicted octanol–water partition coefficient (Wildman–Crippen LogP) is 8.31. The van der Waals surface area contributed by atoms with Gasteiger partial charge in [0.25, 0.3) is 5.91 Å². The van der Waals surface area contributed by atoms with Gasteiger partial charge in [-0.25, -0.2) is 4.98 Å². The van der Waals surface area contributed by atoms with Crippen LogP contribution in [0.3, 0.4) is 0 Å². The van der Waals surface area contributed by atoms with Gasteiger partial charge in [0.2, 0.25) is 0 Å². The van der Waals surface area contributed by atoms with Gasteiger partial charge in [-0.1, -0.05) is 97.9 Å². The van der Waals surface area contributed by atoms with Gasteiger partial charge >= 0.3 is 0 Å². The summed E-state index contributed by atoms with van der Waals surface area (Å²) in [6.45, 7) is 2.52. The van der Waals surface area contributed by atoms with Crippen molar-refractivity contribution in [1.82, 2.24) is 15.3 Å². The van der Waals surface area contributed by atoms with Crippen LogP contribution in [0, 0.1) is 5.92 Å². The number of nitrogens with one attached hydrogen (secondary N) is 1. The lowest BCUT2D eigenvalue weighted by molar-refractivity contribution is -0.268. The molecule has 4 atom stereocenters. The number of aliphatic hydroxyl groups excluding tert-OH is 1. The summed E-state index contributed by atoms with van der Waals surface area (Å²) in [5.74, 6) is 1.36. The molecular weight excluding hydrogens is 659 g/mol. The number of benzene rings is 5. The largest absolute Gasteiger partial charge is 0.496 e. The summed E-state index contributed by atoms with van der Waals surface area (Å²) in [4.78, 5) is 22.8. The van der Waals surface area contributed by atoms with Crippen LogP contribution in [0.5, 0.6) is 5.75 Å². The number of nitrogens with zero attached hydrogens (tertiary/aromatic N) is 2. The van der Waals surface area contributed by atoms with Gasteiger partial charge in [-0.15, -0.1) is 11.8 Å². The Kier molecular flexibility index (Phi) is 10.7. The zero-order valence-electron chi connectivity index (χ0n) is 28.4. The van der Waals surface area contributed by atoms with E-state index in [1.165, 1.54) is 6.20 Å². The van der Waals surface area contributed by atoms with E-state index in [0.717, 1.165) is 55.3 Å². The van der Waals surface area contributed by atoms with E-state index >= 15 is 0 Å². The molecule has 9 heteroatoms. The van der Waals surface area contributed by atoms with Crippen LogP contribution in [-0.2, 0) is 22.6 Å². The molecule has 5 aromatic carbocycles. The van der Waals surface area contributed by atoms with Crippen LogP contribution < -0.4 is 10.1 Å². The van der Waals surface area contributed by atoms with E-state index in [0.29, 0.717) is 12.1 Å². The number of amides is 1. The molecule has 4 unspecified atom stereocenters. The zero-order chi connectivity index (χ0) is 35.2. The SMILES string of the molecule is COc1ccccc1SCC1OC(c2ccc(-c3cccc(CNC(=O)c4cnc5ccccc5n4)c3)cc2)OC(c2ccc(CO)cc2)C1C. The lowest BCUT2D eigenvalue weighted by atomic mass is 9.91. The number of fused-ring (bicyclic) bond motifs is 1. The average Bonchev–Trinajstić information content (AvgIpc) is 3.19. The summed E-state index contributed by atoms with van der Waals surface area (Å²) >= 11 is 1.72. The molecular formula is C42H39N3O5S. The molecule has 1 aromatic heterocycles. The Labute approximate surface area is 301 Å². The van der Waals surface area contributed by atoms with Crippen LogP contribution >= 0.6 is 11.8 Å². The van der Waals surface area contributed by atoms with Crippen molar-refractivity contribution < 1.29 is 24.1 Å². The van der Waals surface area contributed by atoms with Gasteiger partial charge in [-0.05, 0) is 58.1 Å². The Morgan fingerprint density at radius 2 is 1.57 bits per heavy atom. The number of carbonyl (C=O) groups excluding carboxylic acids is 1. The Morgan fingerprint density at radius 1 is 0.824 bits per heavy atom. The minimum absolute atomic E-state index is 0.00429. The lowest BCUT2D eigenvalue weighted by Crippen LogP contribution is -2.38. The fraction of sp³-hybridized carbons (Fsp3) is 0.214. The molecule has 0 bridgehead atoms. The second-order valence-corrected chi connectivity index (χ2v) is 13.6. The highest BCUT2D eigenvalue weighted by molar-refractivity contribution is 7.99. The quantitative estimate of drug-likeness (QED) is 0.130. The number of hydrogen-bond acceptors (Lipinski definition) is 8. The third-order valence-electron chi connectivity index (χ3n) is 9.17. The molecule has 6 aromatic rings. The van der Waals surface area contributed by atoms with Gasteiger partial charge in [-0.3, -0.25) is 9.78 Å². The predicted molar refractivity (Wildman–Crippen MR) is 199 cm³/mol. The van der Waals surface area contributed by atoms with Crippen LogP contribution in [0.1, 0.15) is 52.1 Å². The van der Waals surface area contributed by atoms with Crippen LogP contribution in [-0.4, -0.2) is 39.9 Å². The lowest BCUT2D eigenvalue weighted by Gasteiger charge is -2.41. The van der Waals surface area contributed by atoms with E-state index in [1.807, 2.05) is 78.9 Å². The molecule has 0 saturated carbocycles. The van der Waals surface area contributed by atoms with Gasteiger partial charge in [-0.2, -0.15) is 0 Å². The van der Waals surface area contributed by atoms with Crippen molar-refractivity contribution in [2.45, 2.75) is 43.5 Å². The van der Waals surface area contributed by atoms with Crippen molar-refractivity contribution in [1.29, 1.82) is 0 Å². The number of aliphatic hydroxyl groups is 1. The number of para-hydroxylation sites is 3. The fourth-order valence-corrected chi connectivity index (χ4v) is 7.45. The highest BCUT2D eigenvalue weighted by Gasteiger charge is 2.38. The Bertz CT molecular complexity index is 2110. The highest BCUT2D eigenvalue weighted by atomic mass is 32.2. The number of methoxy groups -OCH3 is 1. The highest BCUT2D eigenvalue weighted by Crippen LogP contribution is 2.44. The third-order valence-corrected chi connectivity index (χ3v) is 10.3. The maximum atomic E-state index is 12.9. The molecule has 0 aliphatic carbocycles. The first kappa shape index (κ1) is 34.4. The first-order valence-corrected chi connectivity index (χ1v) is 17.9. The van der Waals surface area contributed by atoms with E-state index in [-0.39, 0.29) is 36.3 Å². The molecule has 1 saturated heterocycles.